The summed E-state index contributed by atoms with van der Waals surface area (Å²) in [6.07, 6.45) is 2.81. The average Bonchev–Trinajstić information content (AvgIpc) is 2.60. The Morgan fingerprint density at radius 1 is 1.69 bits per heavy atom. The molecule has 86 valence electrons. The van der Waals surface area contributed by atoms with Gasteiger partial charge >= 0.3 is 5.97 Å². The van der Waals surface area contributed by atoms with Crippen LogP contribution in [0.5, 0.6) is 0 Å². The predicted molar refractivity (Wildman–Crippen MR) is 57.9 cm³/mol. The van der Waals surface area contributed by atoms with Gasteiger partial charge < -0.3 is 16.2 Å². The SMILES string of the molecule is Nc1ncc(CC[C@H]2C(=O)N[C@@H]2C(=O)O)s1. The molecule has 6 nitrogen and oxygen atoms in total. The highest BCUT2D eigenvalue weighted by Crippen LogP contribution is 2.24. The van der Waals surface area contributed by atoms with E-state index in [-0.39, 0.29) is 5.91 Å². The number of nitrogens with two attached hydrogens (primary N) is 1. The van der Waals surface area contributed by atoms with Crippen LogP contribution in [0, 0.1) is 5.92 Å². The number of nitrogens with zero attached hydrogens (tertiary/aromatic N) is 1. The van der Waals surface area contributed by atoms with E-state index in [1.54, 1.807) is 6.20 Å². The Bertz CT molecular complexity index is 431. The molecule has 0 saturated carbocycles. The molecule has 1 aromatic heterocycles. The third-order valence-electron chi connectivity index (χ3n) is 2.58. The molecular weight excluding hydrogens is 230 g/mol. The number of carboxylic acids is 1. The van der Waals surface area contributed by atoms with Gasteiger partial charge in [0.05, 0.1) is 5.92 Å². The number of β-lactam (4-membered cyclic amide) rings is 1. The van der Waals surface area contributed by atoms with Crippen molar-refractivity contribution >= 4 is 28.3 Å². The number of nitrogen functional groups attached to an aromatic ring is 1. The number of hydrogen-bond donors (Lipinski definition) is 3. The van der Waals surface area contributed by atoms with Gasteiger partial charge in [0, 0.05) is 11.1 Å². The van der Waals surface area contributed by atoms with Crippen molar-refractivity contribution in [1.82, 2.24) is 10.3 Å². The zero-order valence-electron chi connectivity index (χ0n) is 8.34. The van der Waals surface area contributed by atoms with E-state index < -0.39 is 17.9 Å². The van der Waals surface area contributed by atoms with Crippen LogP contribution in [0.3, 0.4) is 0 Å². The second kappa shape index (κ2) is 4.09. The summed E-state index contributed by atoms with van der Waals surface area (Å²) in [6, 6.07) is -0.738. The summed E-state index contributed by atoms with van der Waals surface area (Å²) in [5.74, 6) is -1.60. The average molecular weight is 241 g/mol. The molecule has 0 spiro atoms. The van der Waals surface area contributed by atoms with Gasteiger partial charge in [-0.3, -0.25) is 4.79 Å². The number of aryl methyl sites for hydroxylation is 1. The van der Waals surface area contributed by atoms with Crippen LogP contribution in [0.1, 0.15) is 11.3 Å². The van der Waals surface area contributed by atoms with Crippen molar-refractivity contribution in [3.8, 4) is 0 Å². The Morgan fingerprint density at radius 3 is 2.94 bits per heavy atom. The fourth-order valence-corrected chi connectivity index (χ4v) is 2.38. The molecule has 0 unspecified atom stereocenters. The predicted octanol–water partition coefficient (Wildman–Crippen LogP) is -0.143. The molecule has 1 aliphatic heterocycles. The minimum absolute atomic E-state index is 0.190. The van der Waals surface area contributed by atoms with E-state index in [4.69, 9.17) is 10.8 Å². The zero-order chi connectivity index (χ0) is 11.7. The molecule has 0 aliphatic carbocycles. The van der Waals surface area contributed by atoms with E-state index in [0.29, 0.717) is 18.0 Å². The molecule has 1 saturated heterocycles. The molecule has 0 aromatic carbocycles. The number of anilines is 1. The van der Waals surface area contributed by atoms with E-state index in [1.807, 2.05) is 0 Å². The van der Waals surface area contributed by atoms with E-state index in [9.17, 15) is 9.59 Å². The summed E-state index contributed by atoms with van der Waals surface area (Å²) in [5.41, 5.74) is 5.47. The molecule has 7 heteroatoms. The number of carbonyl (C=O) groups excluding carboxylic acids is 1. The molecule has 1 fully saturated rings. The molecule has 2 rings (SSSR count). The summed E-state index contributed by atoms with van der Waals surface area (Å²) in [7, 11) is 0. The Labute approximate surface area is 95.5 Å². The number of carbonyl (C=O) groups is 2. The molecule has 2 atom stereocenters. The smallest absolute Gasteiger partial charge is 0.327 e. The van der Waals surface area contributed by atoms with Gasteiger partial charge in [-0.1, -0.05) is 0 Å². The summed E-state index contributed by atoms with van der Waals surface area (Å²) in [4.78, 5) is 26.7. The van der Waals surface area contributed by atoms with E-state index in [2.05, 4.69) is 10.3 Å². The van der Waals surface area contributed by atoms with Crippen molar-refractivity contribution in [1.29, 1.82) is 0 Å². The normalized spacial score (nSPS) is 23.6. The first-order valence-corrected chi connectivity index (χ1v) is 5.63. The van der Waals surface area contributed by atoms with Crippen molar-refractivity contribution in [2.45, 2.75) is 18.9 Å². The summed E-state index contributed by atoms with van der Waals surface area (Å²) < 4.78 is 0. The molecular formula is C9H11N3O3S. The van der Waals surface area contributed by atoms with Crippen LogP contribution in [0.25, 0.3) is 0 Å². The summed E-state index contributed by atoms with van der Waals surface area (Å²) in [5, 5.41) is 11.6. The van der Waals surface area contributed by atoms with Crippen molar-refractivity contribution in [3.05, 3.63) is 11.1 Å². The van der Waals surface area contributed by atoms with Crippen LogP contribution >= 0.6 is 11.3 Å². The number of amides is 1. The maximum atomic E-state index is 11.2. The topological polar surface area (TPSA) is 105 Å². The lowest BCUT2D eigenvalue weighted by atomic mass is 9.86. The molecule has 4 N–H and O–H groups in total. The van der Waals surface area contributed by atoms with E-state index in [1.165, 1.54) is 11.3 Å². The number of aliphatic carboxylic acids is 1. The third-order valence-corrected chi connectivity index (χ3v) is 3.46. The van der Waals surface area contributed by atoms with Gasteiger partial charge in [-0.2, -0.15) is 0 Å². The summed E-state index contributed by atoms with van der Waals surface area (Å²) >= 11 is 1.36. The minimum Gasteiger partial charge on any atom is -0.480 e. The van der Waals surface area contributed by atoms with Crippen LogP contribution in [-0.4, -0.2) is 28.0 Å². The number of thiazole rings is 1. The van der Waals surface area contributed by atoms with E-state index >= 15 is 0 Å². The van der Waals surface area contributed by atoms with Crippen LogP contribution in [0.15, 0.2) is 6.20 Å². The molecule has 1 aliphatic rings. The van der Waals surface area contributed by atoms with Crippen molar-refractivity contribution in [2.24, 2.45) is 5.92 Å². The number of hydrogen-bond acceptors (Lipinski definition) is 5. The van der Waals surface area contributed by atoms with Gasteiger partial charge in [-0.25, -0.2) is 9.78 Å². The van der Waals surface area contributed by atoms with Crippen molar-refractivity contribution < 1.29 is 14.7 Å². The van der Waals surface area contributed by atoms with Gasteiger partial charge in [0.1, 0.15) is 6.04 Å². The van der Waals surface area contributed by atoms with Gasteiger partial charge in [0.25, 0.3) is 0 Å². The highest BCUT2D eigenvalue weighted by Gasteiger charge is 2.43. The maximum Gasteiger partial charge on any atom is 0.327 e. The Balaban J connectivity index is 1.90. The third kappa shape index (κ3) is 1.99. The Hall–Kier alpha value is -1.63. The molecule has 2 heterocycles. The molecule has 1 aromatic rings. The lowest BCUT2D eigenvalue weighted by Crippen LogP contribution is -2.61. The fourth-order valence-electron chi connectivity index (χ4n) is 1.68. The van der Waals surface area contributed by atoms with Gasteiger partial charge in [-0.05, 0) is 12.8 Å². The van der Waals surface area contributed by atoms with Gasteiger partial charge in [0.15, 0.2) is 5.13 Å². The fraction of sp³-hybridized carbons (Fsp3) is 0.444. The first kappa shape index (κ1) is 10.9. The standard InChI is InChI=1S/C9H11N3O3S/c10-9-11-3-4(16-9)1-2-5-6(8(14)15)12-7(5)13/h3,5-6H,1-2H2,(H2,10,11)(H,12,13)(H,14,15)/t5-,6+/m1/s1. The van der Waals surface area contributed by atoms with Crippen molar-refractivity contribution in [3.63, 3.8) is 0 Å². The first-order chi connectivity index (χ1) is 7.58. The zero-order valence-corrected chi connectivity index (χ0v) is 9.16. The quantitative estimate of drug-likeness (QED) is 0.636. The molecule has 0 bridgehead atoms. The second-order valence-corrected chi connectivity index (χ2v) is 4.78. The number of carboxylic acid groups (broad SMARTS) is 1. The van der Waals surface area contributed by atoms with Crippen LogP contribution < -0.4 is 11.1 Å². The summed E-state index contributed by atoms with van der Waals surface area (Å²) in [6.45, 7) is 0. The Morgan fingerprint density at radius 2 is 2.44 bits per heavy atom. The van der Waals surface area contributed by atoms with Gasteiger partial charge in [0.2, 0.25) is 5.91 Å². The van der Waals surface area contributed by atoms with Gasteiger partial charge in [-0.15, -0.1) is 11.3 Å². The lowest BCUT2D eigenvalue weighted by molar-refractivity contribution is -0.153. The lowest BCUT2D eigenvalue weighted by Gasteiger charge is -2.33. The van der Waals surface area contributed by atoms with E-state index in [0.717, 1.165) is 4.88 Å². The number of rotatable bonds is 4. The first-order valence-electron chi connectivity index (χ1n) is 4.81. The minimum atomic E-state index is -0.978. The Kier molecular flexibility index (Phi) is 2.78. The largest absolute Gasteiger partial charge is 0.480 e. The highest BCUT2D eigenvalue weighted by molar-refractivity contribution is 7.15. The monoisotopic (exact) mass is 241 g/mol. The number of aromatic nitrogens is 1. The maximum absolute atomic E-state index is 11.2. The highest BCUT2D eigenvalue weighted by atomic mass is 32.1. The molecule has 0 radical (unpaired) electrons. The number of nitrogens with one attached hydrogen (secondary N) is 1. The molecule has 1 amide bonds. The van der Waals surface area contributed by atoms with Crippen molar-refractivity contribution in [2.75, 3.05) is 5.73 Å². The van der Waals surface area contributed by atoms with Crippen LogP contribution in [0.4, 0.5) is 5.13 Å². The van der Waals surface area contributed by atoms with Crippen LogP contribution in [0.2, 0.25) is 0 Å². The molecule has 16 heavy (non-hydrogen) atoms. The second-order valence-electron chi connectivity index (χ2n) is 3.63. The van der Waals surface area contributed by atoms with Crippen LogP contribution in [-0.2, 0) is 16.0 Å².